The van der Waals surface area contributed by atoms with Gasteiger partial charge in [-0.1, -0.05) is 0 Å². The van der Waals surface area contributed by atoms with Crippen molar-refractivity contribution in [2.45, 2.75) is 0 Å². The van der Waals surface area contributed by atoms with Crippen LogP contribution in [0.15, 0.2) is 43.5 Å². The van der Waals surface area contributed by atoms with Crippen LogP contribution in [-0.4, -0.2) is 61.3 Å². The second-order valence-electron chi connectivity index (χ2n) is 4.18. The number of hydrogen-bond donors (Lipinski definition) is 0. The Balaban J connectivity index is 1.70. The maximum atomic E-state index is 11.5. The third kappa shape index (κ3) is 4.98. The molecule has 2 aromatic rings. The molecule has 2 aromatic heterocycles. The Hall–Kier alpha value is -3.63. The molecule has 0 atom stereocenters. The second-order valence-corrected chi connectivity index (χ2v) is 4.18. The number of nitrogens with zero attached hydrogens (tertiary/aromatic N) is 5. The lowest BCUT2D eigenvalue weighted by atomic mass is 10.5. The molecule has 0 saturated heterocycles. The number of imidazole rings is 1. The summed E-state index contributed by atoms with van der Waals surface area (Å²) in [6.45, 7) is -1.06. The van der Waals surface area contributed by atoms with Crippen LogP contribution in [0.25, 0.3) is 0 Å². The molecule has 0 spiro atoms. The van der Waals surface area contributed by atoms with Crippen LogP contribution >= 0.6 is 0 Å². The van der Waals surface area contributed by atoms with Gasteiger partial charge in [-0.15, -0.1) is 10.2 Å². The van der Waals surface area contributed by atoms with Crippen molar-refractivity contribution in [2.24, 2.45) is 0 Å². The van der Waals surface area contributed by atoms with Crippen molar-refractivity contribution < 1.29 is 28.7 Å². The van der Waals surface area contributed by atoms with Crippen molar-refractivity contribution >= 4 is 23.8 Å². The number of ether oxygens (including phenoxy) is 2. The lowest BCUT2D eigenvalue weighted by Gasteiger charge is -2.02. The predicted molar refractivity (Wildman–Crippen MR) is 74.6 cm³/mol. The first-order chi connectivity index (χ1) is 11.6. The van der Waals surface area contributed by atoms with Gasteiger partial charge in [0.25, 0.3) is 11.8 Å². The highest BCUT2D eigenvalue weighted by Crippen LogP contribution is 1.91. The van der Waals surface area contributed by atoms with Gasteiger partial charge in [0.05, 0.1) is 0 Å². The third-order valence-electron chi connectivity index (χ3n) is 2.53. The van der Waals surface area contributed by atoms with Gasteiger partial charge < -0.3 is 9.47 Å². The molecule has 2 rings (SSSR count). The van der Waals surface area contributed by atoms with E-state index in [9.17, 15) is 19.2 Å². The van der Waals surface area contributed by atoms with Gasteiger partial charge in [-0.25, -0.2) is 14.6 Å². The first-order valence-electron chi connectivity index (χ1n) is 6.47. The molecule has 0 aliphatic rings. The van der Waals surface area contributed by atoms with Crippen LogP contribution in [0.4, 0.5) is 0 Å². The zero-order valence-electron chi connectivity index (χ0n) is 12.1. The molecule has 0 fully saturated rings. The average Bonchev–Trinajstić information content (AvgIpc) is 3.28. The Morgan fingerprint density at radius 1 is 0.833 bits per heavy atom. The van der Waals surface area contributed by atoms with Crippen LogP contribution in [-0.2, 0) is 19.1 Å². The molecule has 0 aliphatic heterocycles. The summed E-state index contributed by atoms with van der Waals surface area (Å²) in [5.74, 6) is -2.90. The second kappa shape index (κ2) is 8.12. The lowest BCUT2D eigenvalue weighted by Crippen LogP contribution is -2.19. The van der Waals surface area contributed by atoms with Crippen molar-refractivity contribution in [1.29, 1.82) is 0 Å². The largest absolute Gasteiger partial charge is 0.452 e. The van der Waals surface area contributed by atoms with E-state index in [-0.39, 0.29) is 0 Å². The quantitative estimate of drug-likeness (QED) is 0.486. The smallest absolute Gasteiger partial charge is 0.331 e. The van der Waals surface area contributed by atoms with Crippen molar-refractivity contribution in [3.05, 3.63) is 43.5 Å². The van der Waals surface area contributed by atoms with Crippen LogP contribution < -0.4 is 0 Å². The molecular weight excluding hydrogens is 322 g/mol. The van der Waals surface area contributed by atoms with Gasteiger partial charge in [-0.2, -0.15) is 0 Å². The molecule has 0 unspecified atom stereocenters. The molecule has 0 aliphatic carbocycles. The number of rotatable bonds is 6. The van der Waals surface area contributed by atoms with E-state index in [0.29, 0.717) is 0 Å². The summed E-state index contributed by atoms with van der Waals surface area (Å²) in [6.07, 6.45) is 7.93. The number of esters is 2. The van der Waals surface area contributed by atoms with E-state index in [1.807, 2.05) is 0 Å². The Bertz CT molecular complexity index is 686. The molecule has 11 heteroatoms. The van der Waals surface area contributed by atoms with Gasteiger partial charge in [0, 0.05) is 24.5 Å². The molecule has 11 nitrogen and oxygen atoms in total. The van der Waals surface area contributed by atoms with Crippen LogP contribution in [0, 0.1) is 0 Å². The molecule has 0 aromatic carbocycles. The Morgan fingerprint density at radius 2 is 1.38 bits per heavy atom. The normalized spacial score (nSPS) is 10.5. The van der Waals surface area contributed by atoms with Crippen molar-refractivity contribution in [2.75, 3.05) is 13.2 Å². The molecule has 0 radical (unpaired) electrons. The SMILES string of the molecule is O=C(/C=C/C(=O)OCC(=O)n1cnnc1)OCC(=O)n1ccnc1. The summed E-state index contributed by atoms with van der Waals surface area (Å²) in [5.41, 5.74) is 0. The molecule has 0 saturated carbocycles. The molecule has 0 bridgehead atoms. The Morgan fingerprint density at radius 3 is 1.88 bits per heavy atom. The van der Waals surface area contributed by atoms with E-state index in [2.05, 4.69) is 24.7 Å². The van der Waals surface area contributed by atoms with Gasteiger partial charge in [0.15, 0.2) is 13.2 Å². The van der Waals surface area contributed by atoms with Gasteiger partial charge >= 0.3 is 11.9 Å². The van der Waals surface area contributed by atoms with Crippen LogP contribution in [0.1, 0.15) is 9.59 Å². The summed E-state index contributed by atoms with van der Waals surface area (Å²) < 4.78 is 11.4. The van der Waals surface area contributed by atoms with E-state index < -0.39 is 37.0 Å². The zero-order valence-corrected chi connectivity index (χ0v) is 12.1. The first-order valence-corrected chi connectivity index (χ1v) is 6.47. The maximum absolute atomic E-state index is 11.5. The van der Waals surface area contributed by atoms with Gasteiger partial charge in [0.1, 0.15) is 19.0 Å². The topological polar surface area (TPSA) is 135 Å². The fourth-order valence-corrected chi connectivity index (χ4v) is 1.38. The van der Waals surface area contributed by atoms with Crippen molar-refractivity contribution in [3.8, 4) is 0 Å². The Kier molecular flexibility index (Phi) is 5.66. The van der Waals surface area contributed by atoms with Crippen LogP contribution in [0.5, 0.6) is 0 Å². The van der Waals surface area contributed by atoms with Crippen molar-refractivity contribution in [1.82, 2.24) is 24.3 Å². The van der Waals surface area contributed by atoms with E-state index >= 15 is 0 Å². The fraction of sp³-hybridized carbons (Fsp3) is 0.154. The molecule has 124 valence electrons. The zero-order chi connectivity index (χ0) is 17.4. The molecule has 24 heavy (non-hydrogen) atoms. The highest BCUT2D eigenvalue weighted by molar-refractivity contribution is 5.93. The summed E-state index contributed by atoms with van der Waals surface area (Å²) in [6, 6.07) is 0. The third-order valence-corrected chi connectivity index (χ3v) is 2.53. The molecule has 2 heterocycles. The molecule has 0 N–H and O–H groups in total. The number of carbonyl (C=O) groups is 4. The number of carbonyl (C=O) groups excluding carboxylic acids is 4. The van der Waals surface area contributed by atoms with Gasteiger partial charge in [-0.05, 0) is 0 Å². The summed E-state index contributed by atoms with van der Waals surface area (Å²) in [7, 11) is 0. The summed E-state index contributed by atoms with van der Waals surface area (Å²) >= 11 is 0. The Labute approximate surface area is 134 Å². The fourth-order valence-electron chi connectivity index (χ4n) is 1.38. The maximum Gasteiger partial charge on any atom is 0.331 e. The highest BCUT2D eigenvalue weighted by atomic mass is 16.5. The summed E-state index contributed by atoms with van der Waals surface area (Å²) in [5, 5.41) is 6.85. The molecule has 0 amide bonds. The summed E-state index contributed by atoms with van der Waals surface area (Å²) in [4.78, 5) is 49.4. The van der Waals surface area contributed by atoms with E-state index in [0.717, 1.165) is 33.9 Å². The minimum absolute atomic E-state index is 0.503. The van der Waals surface area contributed by atoms with E-state index in [1.54, 1.807) is 0 Å². The molecular formula is C13H11N5O6. The van der Waals surface area contributed by atoms with Crippen LogP contribution in [0.3, 0.4) is 0 Å². The monoisotopic (exact) mass is 333 g/mol. The lowest BCUT2D eigenvalue weighted by molar-refractivity contribution is -0.139. The first kappa shape index (κ1) is 16.7. The van der Waals surface area contributed by atoms with Gasteiger partial charge in [-0.3, -0.25) is 18.7 Å². The van der Waals surface area contributed by atoms with E-state index in [4.69, 9.17) is 0 Å². The minimum Gasteiger partial charge on any atom is -0.452 e. The minimum atomic E-state index is -0.922. The average molecular weight is 333 g/mol. The highest BCUT2D eigenvalue weighted by Gasteiger charge is 2.09. The van der Waals surface area contributed by atoms with Gasteiger partial charge in [0.2, 0.25) is 0 Å². The number of aromatic nitrogens is 5. The van der Waals surface area contributed by atoms with Crippen molar-refractivity contribution in [3.63, 3.8) is 0 Å². The standard InChI is InChI=1S/C13H11N5O6/c19-10(17-4-3-14-7-17)5-23-12(21)1-2-13(22)24-6-11(20)18-8-15-16-9-18/h1-4,7-9H,5-6H2/b2-1+. The number of hydrogen-bond acceptors (Lipinski definition) is 9. The predicted octanol–water partition coefficient (Wildman–Crippen LogP) is -0.902. The van der Waals surface area contributed by atoms with Crippen LogP contribution in [0.2, 0.25) is 0 Å². The van der Waals surface area contributed by atoms with E-state index in [1.165, 1.54) is 18.7 Å².